The number of rotatable bonds is 8. The lowest BCUT2D eigenvalue weighted by Crippen LogP contribution is -2.60. The maximum Gasteiger partial charge on any atom is 0.366 e. The van der Waals surface area contributed by atoms with Gasteiger partial charge in [0.2, 0.25) is 5.25 Å². The van der Waals surface area contributed by atoms with Gasteiger partial charge in [-0.05, 0) is 13.8 Å². The lowest BCUT2D eigenvalue weighted by molar-refractivity contribution is -0.243. The molecule has 0 aromatic heterocycles. The van der Waals surface area contributed by atoms with E-state index < -0.39 is 33.1 Å². The van der Waals surface area contributed by atoms with Crippen molar-refractivity contribution in [2.75, 3.05) is 13.2 Å². The van der Waals surface area contributed by atoms with Gasteiger partial charge in [0.25, 0.3) is 15.9 Å². The quantitative estimate of drug-likeness (QED) is 0.384. The van der Waals surface area contributed by atoms with Crippen LogP contribution in [-0.2, 0) is 29.2 Å². The Bertz CT molecular complexity index is 406. The highest BCUT2D eigenvalue weighted by Gasteiger charge is 2.59. The zero-order chi connectivity index (χ0) is 14.6. The zero-order valence-electron chi connectivity index (χ0n) is 9.69. The Hall–Kier alpha value is -1.23. The van der Waals surface area contributed by atoms with Crippen LogP contribution < -0.4 is 0 Å². The standard InChI is InChI=1S/C8H14O9S/c1-3-16-8(7(11)12,17-4-2)5(6(9)10)18(13,14)15/h5H,3-4H2,1-2H3,(H,9,10)(H,11,12)(H,13,14,15). The minimum absolute atomic E-state index is 0.328. The highest BCUT2D eigenvalue weighted by Crippen LogP contribution is 2.25. The second kappa shape index (κ2) is 6.09. The number of carboxylic acid groups (broad SMARTS) is 2. The fourth-order valence-electron chi connectivity index (χ4n) is 1.34. The molecule has 0 rings (SSSR count). The lowest BCUT2D eigenvalue weighted by Gasteiger charge is -2.31. The largest absolute Gasteiger partial charge is 0.480 e. The Balaban J connectivity index is 5.92. The van der Waals surface area contributed by atoms with Gasteiger partial charge in [-0.1, -0.05) is 0 Å². The molecule has 1 unspecified atom stereocenters. The van der Waals surface area contributed by atoms with Gasteiger partial charge in [-0.25, -0.2) is 4.79 Å². The molecule has 10 heteroatoms. The fraction of sp³-hybridized carbons (Fsp3) is 0.750. The van der Waals surface area contributed by atoms with Crippen molar-refractivity contribution in [3.05, 3.63) is 0 Å². The molecule has 0 amide bonds. The Kier molecular flexibility index (Phi) is 5.67. The summed E-state index contributed by atoms with van der Waals surface area (Å²) in [5.74, 6) is -7.05. The van der Waals surface area contributed by atoms with E-state index in [9.17, 15) is 18.0 Å². The van der Waals surface area contributed by atoms with Gasteiger partial charge in [0.1, 0.15) is 0 Å². The van der Waals surface area contributed by atoms with Crippen LogP contribution in [0, 0.1) is 0 Å². The monoisotopic (exact) mass is 286 g/mol. The maximum atomic E-state index is 11.1. The summed E-state index contributed by atoms with van der Waals surface area (Å²) in [5, 5.41) is 15.0. The molecular formula is C8H14O9S. The topological polar surface area (TPSA) is 147 Å². The zero-order valence-corrected chi connectivity index (χ0v) is 10.5. The van der Waals surface area contributed by atoms with Crippen LogP contribution in [0.2, 0.25) is 0 Å². The molecule has 0 radical (unpaired) electrons. The molecule has 0 spiro atoms. The van der Waals surface area contributed by atoms with Crippen molar-refractivity contribution >= 4 is 22.1 Å². The van der Waals surface area contributed by atoms with Gasteiger partial charge >= 0.3 is 11.9 Å². The first kappa shape index (κ1) is 16.8. The van der Waals surface area contributed by atoms with Crippen molar-refractivity contribution in [3.63, 3.8) is 0 Å². The van der Waals surface area contributed by atoms with Crippen LogP contribution in [0.25, 0.3) is 0 Å². The van der Waals surface area contributed by atoms with E-state index in [2.05, 4.69) is 9.47 Å². The van der Waals surface area contributed by atoms with Gasteiger partial charge in [0.05, 0.1) is 0 Å². The van der Waals surface area contributed by atoms with E-state index in [-0.39, 0.29) is 13.2 Å². The first-order chi connectivity index (χ1) is 8.13. The number of hydrogen-bond donors (Lipinski definition) is 3. The summed E-state index contributed by atoms with van der Waals surface area (Å²) < 4.78 is 40.2. The van der Waals surface area contributed by atoms with Gasteiger partial charge in [-0.2, -0.15) is 8.42 Å². The highest BCUT2D eigenvalue weighted by molar-refractivity contribution is 7.87. The number of ether oxygens (including phenoxy) is 2. The molecule has 0 aliphatic rings. The molecule has 9 nitrogen and oxygen atoms in total. The smallest absolute Gasteiger partial charge is 0.366 e. The molecule has 0 saturated carbocycles. The average Bonchev–Trinajstić information content (AvgIpc) is 2.14. The SMILES string of the molecule is CCOC(OCC)(C(=O)O)C(C(=O)O)S(=O)(=O)O. The molecule has 0 aliphatic carbocycles. The Morgan fingerprint density at radius 3 is 1.72 bits per heavy atom. The van der Waals surface area contributed by atoms with E-state index in [1.54, 1.807) is 0 Å². The van der Waals surface area contributed by atoms with Gasteiger partial charge < -0.3 is 19.7 Å². The number of hydrogen-bond acceptors (Lipinski definition) is 6. The Morgan fingerprint density at radius 1 is 1.17 bits per heavy atom. The van der Waals surface area contributed by atoms with Gasteiger partial charge in [-0.15, -0.1) is 0 Å². The van der Waals surface area contributed by atoms with Crippen LogP contribution in [0.15, 0.2) is 0 Å². The Labute approximate surface area is 103 Å². The molecule has 1 atom stereocenters. The van der Waals surface area contributed by atoms with Crippen molar-refractivity contribution in [2.45, 2.75) is 24.9 Å². The van der Waals surface area contributed by atoms with Crippen molar-refractivity contribution in [3.8, 4) is 0 Å². The van der Waals surface area contributed by atoms with Crippen molar-refractivity contribution in [1.82, 2.24) is 0 Å². The summed E-state index contributed by atoms with van der Waals surface area (Å²) in [6, 6.07) is 0. The first-order valence-corrected chi connectivity index (χ1v) is 6.34. The molecule has 0 saturated heterocycles. The summed E-state index contributed by atoms with van der Waals surface area (Å²) >= 11 is 0. The molecule has 0 aliphatic heterocycles. The van der Waals surface area contributed by atoms with Gasteiger partial charge in [-0.3, -0.25) is 9.35 Å². The lowest BCUT2D eigenvalue weighted by atomic mass is 10.2. The number of carboxylic acids is 2. The van der Waals surface area contributed by atoms with Crippen molar-refractivity contribution < 1.29 is 42.2 Å². The van der Waals surface area contributed by atoms with Crippen LogP contribution in [0.5, 0.6) is 0 Å². The van der Waals surface area contributed by atoms with E-state index >= 15 is 0 Å². The summed E-state index contributed by atoms with van der Waals surface area (Å²) in [5.41, 5.74) is 0. The third-order valence-corrected chi connectivity index (χ3v) is 2.99. The second-order valence-corrected chi connectivity index (χ2v) is 4.57. The first-order valence-electron chi connectivity index (χ1n) is 4.83. The van der Waals surface area contributed by atoms with E-state index in [0.29, 0.717) is 0 Å². The predicted octanol–water partition coefficient (Wildman–Crippen LogP) is -0.819. The van der Waals surface area contributed by atoms with E-state index in [0.717, 1.165) is 0 Å². The number of carbonyl (C=O) groups is 2. The maximum absolute atomic E-state index is 11.1. The third-order valence-electron chi connectivity index (χ3n) is 1.88. The van der Waals surface area contributed by atoms with Crippen LogP contribution in [0.4, 0.5) is 0 Å². The molecule has 0 heterocycles. The second-order valence-electron chi connectivity index (χ2n) is 3.07. The van der Waals surface area contributed by atoms with E-state index in [1.165, 1.54) is 13.8 Å². The van der Waals surface area contributed by atoms with Crippen LogP contribution in [0.1, 0.15) is 13.8 Å². The van der Waals surface area contributed by atoms with Gasteiger partial charge in [0, 0.05) is 13.2 Å². The average molecular weight is 286 g/mol. The molecular weight excluding hydrogens is 272 g/mol. The summed E-state index contributed by atoms with van der Waals surface area (Å²) in [4.78, 5) is 22.0. The predicted molar refractivity (Wildman–Crippen MR) is 56.6 cm³/mol. The molecule has 0 aromatic carbocycles. The van der Waals surface area contributed by atoms with Crippen molar-refractivity contribution in [1.29, 1.82) is 0 Å². The molecule has 0 fully saturated rings. The molecule has 3 N–H and O–H groups in total. The molecule has 18 heavy (non-hydrogen) atoms. The van der Waals surface area contributed by atoms with E-state index in [4.69, 9.17) is 14.8 Å². The fourth-order valence-corrected chi connectivity index (χ4v) is 2.23. The third kappa shape index (κ3) is 3.38. The molecule has 106 valence electrons. The normalized spacial score (nSPS) is 14.2. The summed E-state index contributed by atoms with van der Waals surface area (Å²) in [6.45, 7) is 1.98. The highest BCUT2D eigenvalue weighted by atomic mass is 32.2. The van der Waals surface area contributed by atoms with Crippen LogP contribution in [-0.4, -0.2) is 59.4 Å². The van der Waals surface area contributed by atoms with Crippen LogP contribution >= 0.6 is 0 Å². The van der Waals surface area contributed by atoms with E-state index in [1.807, 2.05) is 0 Å². The van der Waals surface area contributed by atoms with Crippen LogP contribution in [0.3, 0.4) is 0 Å². The van der Waals surface area contributed by atoms with Crippen molar-refractivity contribution in [2.24, 2.45) is 0 Å². The van der Waals surface area contributed by atoms with Gasteiger partial charge in [0.15, 0.2) is 0 Å². The summed E-state index contributed by atoms with van der Waals surface area (Å²) in [7, 11) is -5.24. The molecule has 0 aromatic rings. The minimum atomic E-state index is -5.24. The Morgan fingerprint density at radius 2 is 1.56 bits per heavy atom. The minimum Gasteiger partial charge on any atom is -0.480 e. The number of aliphatic carboxylic acids is 2. The molecule has 0 bridgehead atoms. The summed E-state index contributed by atoms with van der Waals surface area (Å²) in [6.07, 6.45) is 0.